The normalized spacial score (nSPS) is 10.7. The molecule has 0 radical (unpaired) electrons. The Bertz CT molecular complexity index is 854. The molecule has 0 fully saturated rings. The topological polar surface area (TPSA) is 101 Å². The van der Waals surface area contributed by atoms with Crippen molar-refractivity contribution in [1.82, 2.24) is 14.7 Å². The third-order valence-corrected chi connectivity index (χ3v) is 5.11. The highest BCUT2D eigenvalue weighted by atomic mass is 32.2. The molecule has 0 saturated heterocycles. The van der Waals surface area contributed by atoms with E-state index in [1.54, 1.807) is 41.1 Å². The van der Waals surface area contributed by atoms with E-state index in [9.17, 15) is 14.0 Å². The predicted molar refractivity (Wildman–Crippen MR) is 116 cm³/mol. The minimum atomic E-state index is -0.584. The Labute approximate surface area is 190 Å². The van der Waals surface area contributed by atoms with Gasteiger partial charge < -0.3 is 19.1 Å². The van der Waals surface area contributed by atoms with Crippen LogP contribution in [0, 0.1) is 5.82 Å². The minimum Gasteiger partial charge on any atom is -0.457 e. The summed E-state index contributed by atoms with van der Waals surface area (Å²) >= 11 is 1.28. The monoisotopic (exact) mass is 467 g/mol. The fourth-order valence-electron chi connectivity index (χ4n) is 2.38. The maximum atomic E-state index is 13.0. The molecule has 0 heterocycles. The summed E-state index contributed by atoms with van der Waals surface area (Å²) in [7, 11) is 3.10. The molecule has 0 aliphatic rings. The van der Waals surface area contributed by atoms with Gasteiger partial charge in [-0.05, 0) is 60.5 Å². The second-order valence-corrected chi connectivity index (χ2v) is 7.72. The minimum absolute atomic E-state index is 0.0957. The maximum Gasteiger partial charge on any atom is 0.409 e. The summed E-state index contributed by atoms with van der Waals surface area (Å²) in [6, 6.07) is 12.8. The summed E-state index contributed by atoms with van der Waals surface area (Å²) in [6.07, 6.45) is -0.499. The molecular formula is C21H26FN3O6S. The SMILES string of the molecule is COCCOC(=O)N(C)CCN(CC(=O)NO)Sc1ccc(Oc2ccc(F)cc2)cc1. The van der Waals surface area contributed by atoms with Crippen molar-refractivity contribution >= 4 is 23.9 Å². The molecule has 2 amide bonds. The first-order valence-electron chi connectivity index (χ1n) is 9.67. The number of halogens is 1. The van der Waals surface area contributed by atoms with Gasteiger partial charge in [0.25, 0.3) is 5.91 Å². The number of nitrogens with one attached hydrogen (secondary N) is 1. The quantitative estimate of drug-likeness (QED) is 0.213. The molecule has 0 saturated carbocycles. The molecule has 0 aliphatic carbocycles. The number of amides is 2. The second kappa shape index (κ2) is 13.5. The summed E-state index contributed by atoms with van der Waals surface area (Å²) in [6.45, 7) is 0.989. The maximum absolute atomic E-state index is 13.0. The van der Waals surface area contributed by atoms with E-state index in [2.05, 4.69) is 0 Å². The average molecular weight is 468 g/mol. The lowest BCUT2D eigenvalue weighted by Gasteiger charge is -2.23. The van der Waals surface area contributed by atoms with Crippen LogP contribution in [0.5, 0.6) is 11.5 Å². The van der Waals surface area contributed by atoms with Gasteiger partial charge in [0, 0.05) is 32.1 Å². The molecule has 2 N–H and O–H groups in total. The third kappa shape index (κ3) is 9.10. The molecule has 0 unspecified atom stereocenters. The number of rotatable bonds is 12. The fraction of sp³-hybridized carbons (Fsp3) is 0.333. The van der Waals surface area contributed by atoms with Gasteiger partial charge >= 0.3 is 6.09 Å². The smallest absolute Gasteiger partial charge is 0.409 e. The van der Waals surface area contributed by atoms with Gasteiger partial charge in [-0.15, -0.1) is 0 Å². The van der Waals surface area contributed by atoms with Gasteiger partial charge in [-0.2, -0.15) is 0 Å². The van der Waals surface area contributed by atoms with E-state index in [-0.39, 0.29) is 19.0 Å². The molecular weight excluding hydrogens is 441 g/mol. The van der Waals surface area contributed by atoms with E-state index in [1.165, 1.54) is 48.2 Å². The highest BCUT2D eigenvalue weighted by Gasteiger charge is 2.16. The first-order valence-corrected chi connectivity index (χ1v) is 10.4. The molecule has 2 rings (SSSR count). The molecule has 0 atom stereocenters. The molecule has 174 valence electrons. The summed E-state index contributed by atoms with van der Waals surface area (Å²) in [5, 5.41) is 8.86. The first-order chi connectivity index (χ1) is 15.4. The summed E-state index contributed by atoms with van der Waals surface area (Å²) < 4.78 is 30.3. The van der Waals surface area contributed by atoms with Crippen LogP contribution in [0.3, 0.4) is 0 Å². The van der Waals surface area contributed by atoms with Crippen molar-refractivity contribution in [3.63, 3.8) is 0 Å². The summed E-state index contributed by atoms with van der Waals surface area (Å²) in [5.41, 5.74) is 1.61. The molecule has 32 heavy (non-hydrogen) atoms. The molecule has 2 aromatic rings. The lowest BCUT2D eigenvalue weighted by molar-refractivity contribution is -0.129. The van der Waals surface area contributed by atoms with E-state index in [0.29, 0.717) is 31.2 Å². The van der Waals surface area contributed by atoms with Crippen LogP contribution in [0.15, 0.2) is 53.4 Å². The number of hydrogen-bond acceptors (Lipinski definition) is 8. The van der Waals surface area contributed by atoms with Gasteiger partial charge in [-0.25, -0.2) is 19.0 Å². The van der Waals surface area contributed by atoms with Gasteiger partial charge in [0.05, 0.1) is 13.2 Å². The van der Waals surface area contributed by atoms with Crippen molar-refractivity contribution in [2.75, 3.05) is 47.0 Å². The molecule has 2 aromatic carbocycles. The number of benzene rings is 2. The van der Waals surface area contributed by atoms with Crippen LogP contribution >= 0.6 is 11.9 Å². The zero-order valence-corrected chi connectivity index (χ0v) is 18.6. The van der Waals surface area contributed by atoms with Crippen molar-refractivity contribution in [1.29, 1.82) is 0 Å². The van der Waals surface area contributed by atoms with Gasteiger partial charge in [-0.1, -0.05) is 0 Å². The van der Waals surface area contributed by atoms with E-state index >= 15 is 0 Å². The Hall–Kier alpha value is -2.86. The van der Waals surface area contributed by atoms with Crippen molar-refractivity contribution in [2.24, 2.45) is 0 Å². The van der Waals surface area contributed by atoms with E-state index in [1.807, 2.05) is 0 Å². The Kier molecular flexibility index (Phi) is 10.7. The summed E-state index contributed by atoms with van der Waals surface area (Å²) in [5.74, 6) is 0.150. The zero-order valence-electron chi connectivity index (χ0n) is 17.8. The largest absolute Gasteiger partial charge is 0.457 e. The molecule has 0 bridgehead atoms. The number of likely N-dealkylation sites (N-methyl/N-ethyl adjacent to an activating group) is 1. The zero-order chi connectivity index (χ0) is 23.3. The van der Waals surface area contributed by atoms with E-state index < -0.39 is 12.0 Å². The Morgan fingerprint density at radius 3 is 2.25 bits per heavy atom. The Balaban J connectivity index is 1.93. The van der Waals surface area contributed by atoms with E-state index in [4.69, 9.17) is 19.4 Å². The van der Waals surface area contributed by atoms with Crippen molar-refractivity contribution < 1.29 is 33.4 Å². The molecule has 11 heteroatoms. The van der Waals surface area contributed by atoms with Crippen LogP contribution in [0.2, 0.25) is 0 Å². The molecule has 0 spiro atoms. The van der Waals surface area contributed by atoms with Crippen molar-refractivity contribution in [2.45, 2.75) is 4.90 Å². The first kappa shape index (κ1) is 25.4. The van der Waals surface area contributed by atoms with E-state index in [0.717, 1.165) is 4.90 Å². The number of methoxy groups -OCH3 is 1. The van der Waals surface area contributed by atoms with Crippen LogP contribution in [0.4, 0.5) is 9.18 Å². The number of hydrogen-bond donors (Lipinski definition) is 2. The Morgan fingerprint density at radius 2 is 1.66 bits per heavy atom. The number of nitrogens with zero attached hydrogens (tertiary/aromatic N) is 2. The summed E-state index contributed by atoms with van der Waals surface area (Å²) in [4.78, 5) is 25.8. The standard InChI is InChI=1S/C21H26FN3O6S/c1-24(21(27)30-14-13-29-2)11-12-25(15-20(26)23-28)32-19-9-7-18(8-10-19)31-17-5-3-16(22)4-6-17/h3-10,28H,11-15H2,1-2H3,(H,23,26). The van der Waals surface area contributed by atoms with Crippen LogP contribution in [-0.4, -0.2) is 73.4 Å². The van der Waals surface area contributed by atoms with Gasteiger partial charge in [0.2, 0.25) is 0 Å². The molecule has 9 nitrogen and oxygen atoms in total. The van der Waals surface area contributed by atoms with Crippen LogP contribution in [0.25, 0.3) is 0 Å². The van der Waals surface area contributed by atoms with Crippen molar-refractivity contribution in [3.8, 4) is 11.5 Å². The average Bonchev–Trinajstić information content (AvgIpc) is 2.80. The number of ether oxygens (including phenoxy) is 3. The second-order valence-electron chi connectivity index (χ2n) is 6.55. The van der Waals surface area contributed by atoms with Crippen LogP contribution < -0.4 is 10.2 Å². The lowest BCUT2D eigenvalue weighted by Crippen LogP contribution is -2.38. The van der Waals surface area contributed by atoms with Gasteiger partial charge in [0.15, 0.2) is 0 Å². The van der Waals surface area contributed by atoms with Crippen LogP contribution in [-0.2, 0) is 14.3 Å². The lowest BCUT2D eigenvalue weighted by atomic mass is 10.3. The van der Waals surface area contributed by atoms with Crippen molar-refractivity contribution in [3.05, 3.63) is 54.3 Å². The van der Waals surface area contributed by atoms with Crippen LogP contribution in [0.1, 0.15) is 0 Å². The van der Waals surface area contributed by atoms with Gasteiger partial charge in [-0.3, -0.25) is 10.0 Å². The number of hydroxylamine groups is 1. The molecule has 0 aliphatic heterocycles. The number of carbonyl (C=O) groups excluding carboxylic acids is 2. The molecule has 0 aromatic heterocycles. The number of carbonyl (C=O) groups is 2. The third-order valence-electron chi connectivity index (χ3n) is 4.06. The highest BCUT2D eigenvalue weighted by Crippen LogP contribution is 2.27. The predicted octanol–water partition coefficient (Wildman–Crippen LogP) is 3.15. The van der Waals surface area contributed by atoms with Gasteiger partial charge in [0.1, 0.15) is 23.9 Å². The fourth-order valence-corrected chi connectivity index (χ4v) is 3.29. The Morgan fingerprint density at radius 1 is 1.03 bits per heavy atom. The highest BCUT2D eigenvalue weighted by molar-refractivity contribution is 7.97.